The van der Waals surface area contributed by atoms with Gasteiger partial charge >= 0.3 is 0 Å². The number of aromatic nitrogens is 1. The van der Waals surface area contributed by atoms with Gasteiger partial charge in [0.1, 0.15) is 29.4 Å². The van der Waals surface area contributed by atoms with Crippen molar-refractivity contribution in [2.45, 2.75) is 63.6 Å². The Bertz CT molecular complexity index is 1140. The van der Waals surface area contributed by atoms with Crippen molar-refractivity contribution < 1.29 is 23.2 Å². The largest absolute Gasteiger partial charge is 0.351 e. The van der Waals surface area contributed by atoms with E-state index in [0.29, 0.717) is 12.8 Å². The van der Waals surface area contributed by atoms with Gasteiger partial charge in [0.2, 0.25) is 11.8 Å². The van der Waals surface area contributed by atoms with Gasteiger partial charge in [-0.25, -0.2) is 8.78 Å². The highest BCUT2D eigenvalue weighted by Crippen LogP contribution is 2.34. The molecule has 0 radical (unpaired) electrons. The molecule has 34 heavy (non-hydrogen) atoms. The molecule has 1 aromatic carbocycles. The fourth-order valence-corrected chi connectivity index (χ4v) is 4.51. The molecule has 1 aliphatic heterocycles. The van der Waals surface area contributed by atoms with Crippen LogP contribution in [0.2, 0.25) is 0 Å². The maximum Gasteiger partial charge on any atom is 0.268 e. The fourth-order valence-electron chi connectivity index (χ4n) is 4.51. The van der Waals surface area contributed by atoms with Crippen LogP contribution in [0.15, 0.2) is 18.2 Å². The SMILES string of the molecule is CC1(C)CC(CC(C#N)NC(=O)C(CC2CC2)NC(=O)c2cc3c(F)ccc(F)c3[nH]2)C(=O)N1. The molecule has 2 heterocycles. The molecule has 4 N–H and O–H groups in total. The van der Waals surface area contributed by atoms with Crippen molar-refractivity contribution in [2.24, 2.45) is 11.8 Å². The monoisotopic (exact) mass is 471 g/mol. The number of nitrogens with zero attached hydrogens (tertiary/aromatic N) is 1. The number of carbonyl (C=O) groups is 3. The van der Waals surface area contributed by atoms with Gasteiger partial charge in [-0.15, -0.1) is 0 Å². The molecule has 1 saturated heterocycles. The smallest absolute Gasteiger partial charge is 0.268 e. The maximum absolute atomic E-state index is 14.0. The second kappa shape index (κ2) is 9.05. The van der Waals surface area contributed by atoms with Gasteiger partial charge in [0, 0.05) is 16.8 Å². The zero-order valence-corrected chi connectivity index (χ0v) is 19.0. The van der Waals surface area contributed by atoms with Crippen LogP contribution in [0.1, 0.15) is 56.4 Å². The Hall–Kier alpha value is -3.48. The summed E-state index contributed by atoms with van der Waals surface area (Å²) in [7, 11) is 0. The number of fused-ring (bicyclic) bond motifs is 1. The van der Waals surface area contributed by atoms with Crippen LogP contribution in [0.4, 0.5) is 8.78 Å². The first-order valence-electron chi connectivity index (χ1n) is 11.4. The Morgan fingerprint density at radius 2 is 1.91 bits per heavy atom. The standard InChI is InChI=1S/C24H27F2N5O3/c1-24(2)10-13(21(32)31-24)8-14(11-27)28-22(33)18(7-12-3-4-12)30-23(34)19-9-15-16(25)5-6-17(26)20(15)29-19/h5-6,9,12-14,18,29H,3-4,7-8,10H2,1-2H3,(H,28,33)(H,30,34)(H,31,32). The highest BCUT2D eigenvalue weighted by atomic mass is 19.1. The van der Waals surface area contributed by atoms with Crippen molar-refractivity contribution in [3.63, 3.8) is 0 Å². The van der Waals surface area contributed by atoms with Crippen LogP contribution < -0.4 is 16.0 Å². The summed E-state index contributed by atoms with van der Waals surface area (Å²) in [5, 5.41) is 17.7. The molecule has 3 unspecified atom stereocenters. The van der Waals surface area contributed by atoms with Crippen LogP contribution in [0.5, 0.6) is 0 Å². The quantitative estimate of drug-likeness (QED) is 0.472. The maximum atomic E-state index is 14.0. The molecule has 8 nitrogen and oxygen atoms in total. The third-order valence-electron chi connectivity index (χ3n) is 6.40. The van der Waals surface area contributed by atoms with E-state index < -0.39 is 41.5 Å². The molecule has 1 saturated carbocycles. The predicted octanol–water partition coefficient (Wildman–Crippen LogP) is 2.66. The molecule has 180 valence electrons. The third kappa shape index (κ3) is 5.19. The lowest BCUT2D eigenvalue weighted by molar-refractivity contribution is -0.125. The lowest BCUT2D eigenvalue weighted by Crippen LogP contribution is -2.50. The number of halogens is 2. The molecule has 2 aliphatic rings. The lowest BCUT2D eigenvalue weighted by atomic mass is 9.92. The zero-order valence-electron chi connectivity index (χ0n) is 19.0. The van der Waals surface area contributed by atoms with E-state index in [1.165, 1.54) is 6.07 Å². The van der Waals surface area contributed by atoms with Gasteiger partial charge in [0.05, 0.1) is 11.6 Å². The second-order valence-electron chi connectivity index (χ2n) is 9.91. The highest BCUT2D eigenvalue weighted by Gasteiger charge is 2.39. The van der Waals surface area contributed by atoms with Crippen molar-refractivity contribution in [3.05, 3.63) is 35.5 Å². The van der Waals surface area contributed by atoms with E-state index in [2.05, 4.69) is 20.9 Å². The number of aromatic amines is 1. The van der Waals surface area contributed by atoms with E-state index in [1.807, 2.05) is 19.9 Å². The first kappa shape index (κ1) is 23.7. The Morgan fingerprint density at radius 1 is 1.21 bits per heavy atom. The summed E-state index contributed by atoms with van der Waals surface area (Å²) >= 11 is 0. The molecule has 4 rings (SSSR count). The molecule has 10 heteroatoms. The van der Waals surface area contributed by atoms with Gasteiger partial charge in [-0.1, -0.05) is 12.8 Å². The summed E-state index contributed by atoms with van der Waals surface area (Å²) in [4.78, 5) is 40.6. The average Bonchev–Trinajstić information content (AvgIpc) is 3.39. The Morgan fingerprint density at radius 3 is 2.50 bits per heavy atom. The minimum absolute atomic E-state index is 0.0596. The molecule has 1 aliphatic carbocycles. The summed E-state index contributed by atoms with van der Waals surface area (Å²) in [6, 6.07) is 3.35. The van der Waals surface area contributed by atoms with Gasteiger partial charge in [0.15, 0.2) is 0 Å². The lowest BCUT2D eigenvalue weighted by Gasteiger charge is -2.21. The number of hydrogen-bond donors (Lipinski definition) is 4. The van der Waals surface area contributed by atoms with Crippen molar-refractivity contribution in [2.75, 3.05) is 0 Å². The summed E-state index contributed by atoms with van der Waals surface area (Å²) in [5.41, 5.74) is -0.572. The number of benzene rings is 1. The molecule has 0 spiro atoms. The number of amides is 3. The number of hydrogen-bond acceptors (Lipinski definition) is 4. The number of nitriles is 1. The topological polar surface area (TPSA) is 127 Å². The highest BCUT2D eigenvalue weighted by molar-refractivity contribution is 6.00. The third-order valence-corrected chi connectivity index (χ3v) is 6.40. The molecule has 2 aromatic rings. The number of rotatable bonds is 8. The molecule has 0 bridgehead atoms. The fraction of sp³-hybridized carbons (Fsp3) is 0.500. The van der Waals surface area contributed by atoms with Crippen LogP contribution in [-0.2, 0) is 9.59 Å². The van der Waals surface area contributed by atoms with Gasteiger partial charge in [0.25, 0.3) is 5.91 Å². The van der Waals surface area contributed by atoms with Gasteiger partial charge in [-0.2, -0.15) is 5.26 Å². The summed E-state index contributed by atoms with van der Waals surface area (Å²) in [6.45, 7) is 3.79. The van der Waals surface area contributed by atoms with Gasteiger partial charge in [-0.05, 0) is 57.2 Å². The molecule has 3 atom stereocenters. The predicted molar refractivity (Wildman–Crippen MR) is 119 cm³/mol. The van der Waals surface area contributed by atoms with E-state index in [9.17, 15) is 28.4 Å². The molecular formula is C24H27F2N5O3. The minimum atomic E-state index is -0.925. The first-order valence-corrected chi connectivity index (χ1v) is 11.4. The van der Waals surface area contributed by atoms with Gasteiger partial charge in [-0.3, -0.25) is 14.4 Å². The average molecular weight is 472 g/mol. The van der Waals surface area contributed by atoms with Crippen LogP contribution in [0.3, 0.4) is 0 Å². The van der Waals surface area contributed by atoms with Crippen LogP contribution in [0, 0.1) is 34.8 Å². The normalized spacial score (nSPS) is 20.9. The van der Waals surface area contributed by atoms with Crippen molar-refractivity contribution in [3.8, 4) is 6.07 Å². The molecule has 1 aromatic heterocycles. The van der Waals surface area contributed by atoms with Crippen molar-refractivity contribution in [1.29, 1.82) is 5.26 Å². The zero-order chi connectivity index (χ0) is 24.6. The summed E-state index contributed by atoms with van der Waals surface area (Å²) < 4.78 is 28.0. The Balaban J connectivity index is 1.45. The van der Waals surface area contributed by atoms with Crippen molar-refractivity contribution in [1.82, 2.24) is 20.9 Å². The summed E-state index contributed by atoms with van der Waals surface area (Å²) in [6.07, 6.45) is 2.97. The van der Waals surface area contributed by atoms with E-state index in [-0.39, 0.29) is 40.4 Å². The Labute approximate surface area is 195 Å². The van der Waals surface area contributed by atoms with Crippen molar-refractivity contribution >= 4 is 28.6 Å². The summed E-state index contributed by atoms with van der Waals surface area (Å²) in [5.74, 6) is -2.85. The van der Waals surface area contributed by atoms with E-state index in [4.69, 9.17) is 0 Å². The van der Waals surface area contributed by atoms with E-state index in [1.54, 1.807) is 0 Å². The first-order chi connectivity index (χ1) is 16.1. The number of nitrogens with one attached hydrogen (secondary N) is 4. The molecule has 3 amide bonds. The van der Waals surface area contributed by atoms with Crippen LogP contribution >= 0.6 is 0 Å². The minimum Gasteiger partial charge on any atom is -0.351 e. The second-order valence-corrected chi connectivity index (χ2v) is 9.91. The number of carbonyl (C=O) groups excluding carboxylic acids is 3. The van der Waals surface area contributed by atoms with Crippen LogP contribution in [0.25, 0.3) is 10.9 Å². The molecular weight excluding hydrogens is 444 g/mol. The van der Waals surface area contributed by atoms with Crippen LogP contribution in [-0.4, -0.2) is 40.3 Å². The molecule has 2 fully saturated rings. The van der Waals surface area contributed by atoms with E-state index >= 15 is 0 Å². The number of H-pyrrole nitrogens is 1. The van der Waals surface area contributed by atoms with E-state index in [0.717, 1.165) is 25.0 Å². The van der Waals surface area contributed by atoms with Gasteiger partial charge < -0.3 is 20.9 Å². The Kier molecular flexibility index (Phi) is 6.30.